The second-order valence-corrected chi connectivity index (χ2v) is 7.60. The van der Waals surface area contributed by atoms with Crippen molar-refractivity contribution in [2.24, 2.45) is 0 Å². The molecule has 0 aliphatic carbocycles. The van der Waals surface area contributed by atoms with E-state index in [-0.39, 0.29) is 12.5 Å². The molecule has 150 valence electrons. The van der Waals surface area contributed by atoms with Crippen molar-refractivity contribution >= 4 is 40.5 Å². The van der Waals surface area contributed by atoms with Crippen molar-refractivity contribution in [2.45, 2.75) is 20.4 Å². The molecule has 0 saturated heterocycles. The van der Waals surface area contributed by atoms with E-state index in [2.05, 4.69) is 10.6 Å². The maximum atomic E-state index is 12.1. The van der Waals surface area contributed by atoms with E-state index in [1.54, 1.807) is 6.07 Å². The van der Waals surface area contributed by atoms with Crippen molar-refractivity contribution in [3.8, 4) is 5.75 Å². The second-order valence-electron chi connectivity index (χ2n) is 6.79. The number of anilines is 2. The third-order valence-corrected chi connectivity index (χ3v) is 5.03. The van der Waals surface area contributed by atoms with Crippen LogP contribution in [-0.2, 0) is 11.3 Å². The van der Waals surface area contributed by atoms with Crippen molar-refractivity contribution in [1.82, 2.24) is 0 Å². The number of aryl methyl sites for hydroxylation is 2. The summed E-state index contributed by atoms with van der Waals surface area (Å²) >= 11 is 12.5. The average molecular weight is 429 g/mol. The van der Waals surface area contributed by atoms with E-state index >= 15 is 0 Å². The molecule has 0 radical (unpaired) electrons. The Balaban J connectivity index is 1.53. The zero-order valence-corrected chi connectivity index (χ0v) is 17.8. The molecule has 6 heteroatoms. The summed E-state index contributed by atoms with van der Waals surface area (Å²) in [6, 6.07) is 18.9. The van der Waals surface area contributed by atoms with Crippen LogP contribution in [0.15, 0.2) is 60.7 Å². The molecule has 4 nitrogen and oxygen atoms in total. The van der Waals surface area contributed by atoms with Gasteiger partial charge < -0.3 is 15.4 Å². The number of ether oxygens (including phenoxy) is 1. The minimum Gasteiger partial charge on any atom is -0.482 e. The van der Waals surface area contributed by atoms with Gasteiger partial charge in [0.25, 0.3) is 5.91 Å². The summed E-state index contributed by atoms with van der Waals surface area (Å²) in [7, 11) is 0. The van der Waals surface area contributed by atoms with Crippen LogP contribution in [0.3, 0.4) is 0 Å². The lowest BCUT2D eigenvalue weighted by molar-refractivity contribution is -0.118. The van der Waals surface area contributed by atoms with E-state index in [0.717, 1.165) is 33.1 Å². The highest BCUT2D eigenvalue weighted by Crippen LogP contribution is 2.26. The van der Waals surface area contributed by atoms with Gasteiger partial charge in [0.2, 0.25) is 0 Å². The topological polar surface area (TPSA) is 50.4 Å². The standard InChI is InChI=1S/C23H22Cl2N2O2/c1-15-4-3-5-19(10-15)27-23(28)14-29-22-9-7-17(11-21(22)25)13-26-18-8-6-16(2)20(24)12-18/h3-12,26H,13-14H2,1-2H3,(H,27,28). The Hall–Kier alpha value is -2.69. The summed E-state index contributed by atoms with van der Waals surface area (Å²) in [6.07, 6.45) is 0. The monoisotopic (exact) mass is 428 g/mol. The first kappa shape index (κ1) is 21.0. The fraction of sp³-hybridized carbons (Fsp3) is 0.174. The van der Waals surface area contributed by atoms with Gasteiger partial charge in [0.1, 0.15) is 5.75 Å². The Morgan fingerprint density at radius 2 is 1.76 bits per heavy atom. The molecule has 3 rings (SSSR count). The van der Waals surface area contributed by atoms with Crippen LogP contribution in [0.4, 0.5) is 11.4 Å². The van der Waals surface area contributed by atoms with Crippen LogP contribution in [-0.4, -0.2) is 12.5 Å². The van der Waals surface area contributed by atoms with Crippen molar-refractivity contribution in [3.63, 3.8) is 0 Å². The Kier molecular flexibility index (Phi) is 7.02. The van der Waals surface area contributed by atoms with E-state index in [9.17, 15) is 4.79 Å². The molecule has 3 aromatic rings. The number of carbonyl (C=O) groups excluding carboxylic acids is 1. The van der Waals surface area contributed by atoms with Crippen molar-refractivity contribution in [1.29, 1.82) is 0 Å². The van der Waals surface area contributed by atoms with Gasteiger partial charge in [0.15, 0.2) is 6.61 Å². The summed E-state index contributed by atoms with van der Waals surface area (Å²) in [4.78, 5) is 12.1. The Labute approximate surface area is 180 Å². The zero-order chi connectivity index (χ0) is 20.8. The maximum Gasteiger partial charge on any atom is 0.262 e. The smallest absolute Gasteiger partial charge is 0.262 e. The molecule has 2 N–H and O–H groups in total. The third-order valence-electron chi connectivity index (χ3n) is 4.33. The number of rotatable bonds is 7. The molecule has 0 heterocycles. The lowest BCUT2D eigenvalue weighted by Gasteiger charge is -2.12. The maximum absolute atomic E-state index is 12.1. The predicted octanol–water partition coefficient (Wildman–Crippen LogP) is 6.24. The van der Waals surface area contributed by atoms with Gasteiger partial charge in [-0.25, -0.2) is 0 Å². The van der Waals surface area contributed by atoms with Crippen molar-refractivity contribution in [2.75, 3.05) is 17.2 Å². The molecule has 0 aliphatic heterocycles. The van der Waals surface area contributed by atoms with E-state index in [0.29, 0.717) is 17.3 Å². The van der Waals surface area contributed by atoms with Crippen molar-refractivity contribution in [3.05, 3.63) is 87.4 Å². The first-order valence-corrected chi connectivity index (χ1v) is 9.94. The Morgan fingerprint density at radius 1 is 0.931 bits per heavy atom. The lowest BCUT2D eigenvalue weighted by Crippen LogP contribution is -2.20. The van der Waals surface area contributed by atoms with Gasteiger partial charge in [-0.3, -0.25) is 4.79 Å². The Bertz CT molecular complexity index is 1020. The summed E-state index contributed by atoms with van der Waals surface area (Å²) in [5.74, 6) is 0.224. The molecular weight excluding hydrogens is 407 g/mol. The number of nitrogens with one attached hydrogen (secondary N) is 2. The highest BCUT2D eigenvalue weighted by molar-refractivity contribution is 6.32. The highest BCUT2D eigenvalue weighted by atomic mass is 35.5. The molecule has 0 bridgehead atoms. The van der Waals surface area contributed by atoms with Crippen LogP contribution in [0.25, 0.3) is 0 Å². The minimum absolute atomic E-state index is 0.118. The number of amides is 1. The van der Waals surface area contributed by atoms with Gasteiger partial charge in [-0.1, -0.05) is 47.5 Å². The highest BCUT2D eigenvalue weighted by Gasteiger charge is 2.08. The number of halogens is 2. The number of hydrogen-bond acceptors (Lipinski definition) is 3. The van der Waals surface area contributed by atoms with E-state index in [1.807, 2.05) is 68.4 Å². The number of benzene rings is 3. The van der Waals surface area contributed by atoms with Gasteiger partial charge in [-0.2, -0.15) is 0 Å². The van der Waals surface area contributed by atoms with Gasteiger partial charge >= 0.3 is 0 Å². The molecule has 3 aromatic carbocycles. The van der Waals surface area contributed by atoms with Crippen LogP contribution < -0.4 is 15.4 Å². The molecular formula is C23H22Cl2N2O2. The fourth-order valence-corrected chi connectivity index (χ4v) is 3.18. The molecule has 0 aromatic heterocycles. The van der Waals surface area contributed by atoms with E-state index < -0.39 is 0 Å². The fourth-order valence-electron chi connectivity index (χ4n) is 2.74. The molecule has 0 fully saturated rings. The molecule has 29 heavy (non-hydrogen) atoms. The summed E-state index contributed by atoms with van der Waals surface area (Å²) in [6.45, 7) is 4.40. The third kappa shape index (κ3) is 6.14. The quantitative estimate of drug-likeness (QED) is 0.468. The summed E-state index contributed by atoms with van der Waals surface area (Å²) < 4.78 is 5.57. The minimum atomic E-state index is -0.242. The normalized spacial score (nSPS) is 10.5. The van der Waals surface area contributed by atoms with Gasteiger partial charge in [-0.15, -0.1) is 0 Å². The van der Waals surface area contributed by atoms with E-state index in [1.165, 1.54) is 0 Å². The Morgan fingerprint density at radius 3 is 2.48 bits per heavy atom. The van der Waals surface area contributed by atoms with Gasteiger partial charge in [-0.05, 0) is 66.9 Å². The zero-order valence-electron chi connectivity index (χ0n) is 16.3. The number of carbonyl (C=O) groups is 1. The average Bonchev–Trinajstić information content (AvgIpc) is 2.68. The van der Waals surface area contributed by atoms with Crippen LogP contribution >= 0.6 is 23.2 Å². The van der Waals surface area contributed by atoms with Crippen LogP contribution in [0.5, 0.6) is 5.75 Å². The van der Waals surface area contributed by atoms with Crippen molar-refractivity contribution < 1.29 is 9.53 Å². The molecule has 0 saturated carbocycles. The molecule has 0 spiro atoms. The predicted molar refractivity (Wildman–Crippen MR) is 120 cm³/mol. The van der Waals surface area contributed by atoms with Gasteiger partial charge in [0, 0.05) is 22.9 Å². The first-order valence-electron chi connectivity index (χ1n) is 9.18. The SMILES string of the molecule is Cc1cccc(NC(=O)COc2ccc(CNc3ccc(C)c(Cl)c3)cc2Cl)c1. The van der Waals surface area contributed by atoms with E-state index in [4.69, 9.17) is 27.9 Å². The molecule has 0 aliphatic rings. The second kappa shape index (κ2) is 9.68. The lowest BCUT2D eigenvalue weighted by atomic mass is 10.2. The number of hydrogen-bond donors (Lipinski definition) is 2. The summed E-state index contributed by atoms with van der Waals surface area (Å²) in [5.41, 5.74) is 4.77. The molecule has 0 unspecified atom stereocenters. The van der Waals surface area contributed by atoms with Crippen LogP contribution in [0, 0.1) is 13.8 Å². The van der Waals surface area contributed by atoms with Crippen LogP contribution in [0.2, 0.25) is 10.0 Å². The largest absolute Gasteiger partial charge is 0.482 e. The summed E-state index contributed by atoms with van der Waals surface area (Å²) in [5, 5.41) is 7.29. The van der Waals surface area contributed by atoms with Gasteiger partial charge in [0.05, 0.1) is 5.02 Å². The molecule has 0 atom stereocenters. The molecule has 1 amide bonds. The van der Waals surface area contributed by atoms with Crippen LogP contribution in [0.1, 0.15) is 16.7 Å². The first-order chi connectivity index (χ1) is 13.9.